The van der Waals surface area contributed by atoms with Crippen LogP contribution in [0.1, 0.15) is 18.1 Å². The Kier molecular flexibility index (Phi) is 2.01. The molecule has 13 heavy (non-hydrogen) atoms. The van der Waals surface area contributed by atoms with E-state index in [1.807, 2.05) is 12.4 Å². The van der Waals surface area contributed by atoms with Gasteiger partial charge in [0.1, 0.15) is 0 Å². The molecule has 0 unspecified atom stereocenters. The summed E-state index contributed by atoms with van der Waals surface area (Å²) in [6.07, 6.45) is 4.96. The summed E-state index contributed by atoms with van der Waals surface area (Å²) < 4.78 is 0. The van der Waals surface area contributed by atoms with Gasteiger partial charge in [-0.2, -0.15) is 0 Å². The van der Waals surface area contributed by atoms with Crippen LogP contribution >= 0.6 is 0 Å². The van der Waals surface area contributed by atoms with E-state index >= 15 is 0 Å². The van der Waals surface area contributed by atoms with E-state index in [1.165, 1.54) is 21.9 Å². The fraction of sp³-hybridized carbons (Fsp3) is 0.250. The zero-order chi connectivity index (χ0) is 9.26. The Hall–Kier alpha value is -1.37. The Balaban J connectivity index is 2.84. The van der Waals surface area contributed by atoms with Crippen LogP contribution in [0.4, 0.5) is 0 Å². The van der Waals surface area contributed by atoms with Gasteiger partial charge in [-0.15, -0.1) is 0 Å². The minimum Gasteiger partial charge on any atom is -0.264 e. The molecular formula is C12H13N. The van der Waals surface area contributed by atoms with Crippen LogP contribution in [0.5, 0.6) is 0 Å². The highest BCUT2D eigenvalue weighted by atomic mass is 14.6. The lowest BCUT2D eigenvalue weighted by Gasteiger charge is -2.04. The zero-order valence-corrected chi connectivity index (χ0v) is 8.04. The van der Waals surface area contributed by atoms with E-state index in [0.717, 1.165) is 6.42 Å². The van der Waals surface area contributed by atoms with Gasteiger partial charge in [0.15, 0.2) is 0 Å². The average molecular weight is 171 g/mol. The van der Waals surface area contributed by atoms with Crippen molar-refractivity contribution in [3.8, 4) is 0 Å². The molecule has 1 aromatic heterocycles. The van der Waals surface area contributed by atoms with Gasteiger partial charge in [0.25, 0.3) is 0 Å². The van der Waals surface area contributed by atoms with E-state index in [4.69, 9.17) is 0 Å². The normalized spacial score (nSPS) is 10.6. The second-order valence-corrected chi connectivity index (χ2v) is 3.32. The number of hydrogen-bond donors (Lipinski definition) is 0. The van der Waals surface area contributed by atoms with E-state index in [2.05, 4.69) is 37.0 Å². The molecule has 2 aromatic rings. The van der Waals surface area contributed by atoms with E-state index in [9.17, 15) is 0 Å². The largest absolute Gasteiger partial charge is 0.264 e. The zero-order valence-electron chi connectivity index (χ0n) is 8.04. The van der Waals surface area contributed by atoms with Crippen molar-refractivity contribution in [1.29, 1.82) is 0 Å². The third-order valence-corrected chi connectivity index (χ3v) is 2.48. The van der Waals surface area contributed by atoms with Crippen molar-refractivity contribution >= 4 is 10.8 Å². The monoisotopic (exact) mass is 171 g/mol. The first kappa shape index (κ1) is 8.24. The van der Waals surface area contributed by atoms with Gasteiger partial charge < -0.3 is 0 Å². The molecule has 0 amide bonds. The van der Waals surface area contributed by atoms with Crippen molar-refractivity contribution in [2.75, 3.05) is 0 Å². The van der Waals surface area contributed by atoms with E-state index < -0.39 is 0 Å². The highest BCUT2D eigenvalue weighted by molar-refractivity contribution is 5.87. The van der Waals surface area contributed by atoms with Gasteiger partial charge in [-0.1, -0.05) is 25.1 Å². The quantitative estimate of drug-likeness (QED) is 0.642. The number of benzene rings is 1. The van der Waals surface area contributed by atoms with Crippen molar-refractivity contribution in [2.24, 2.45) is 0 Å². The number of rotatable bonds is 1. The SMILES string of the molecule is CCc1cncc2c(C)cccc12. The predicted molar refractivity (Wildman–Crippen MR) is 55.9 cm³/mol. The van der Waals surface area contributed by atoms with Crippen LogP contribution in [0.25, 0.3) is 10.8 Å². The molecule has 0 atom stereocenters. The molecule has 0 saturated heterocycles. The molecule has 0 saturated carbocycles. The summed E-state index contributed by atoms with van der Waals surface area (Å²) in [4.78, 5) is 4.24. The first-order valence-electron chi connectivity index (χ1n) is 4.65. The van der Waals surface area contributed by atoms with Crippen molar-refractivity contribution in [2.45, 2.75) is 20.3 Å². The summed E-state index contributed by atoms with van der Waals surface area (Å²) >= 11 is 0. The van der Waals surface area contributed by atoms with Crippen LogP contribution in [0.2, 0.25) is 0 Å². The van der Waals surface area contributed by atoms with Gasteiger partial charge in [-0.05, 0) is 29.9 Å². The Bertz CT molecular complexity index is 432. The molecule has 1 heteroatoms. The van der Waals surface area contributed by atoms with E-state index in [1.54, 1.807) is 0 Å². The van der Waals surface area contributed by atoms with Gasteiger partial charge in [0.05, 0.1) is 0 Å². The van der Waals surface area contributed by atoms with E-state index in [0.29, 0.717) is 0 Å². The van der Waals surface area contributed by atoms with Crippen molar-refractivity contribution in [3.05, 3.63) is 41.7 Å². The number of pyridine rings is 1. The molecule has 0 fully saturated rings. The highest BCUT2D eigenvalue weighted by Crippen LogP contribution is 2.20. The second-order valence-electron chi connectivity index (χ2n) is 3.32. The lowest BCUT2D eigenvalue weighted by molar-refractivity contribution is 1.13. The number of hydrogen-bond acceptors (Lipinski definition) is 1. The molecule has 2 rings (SSSR count). The van der Waals surface area contributed by atoms with Gasteiger partial charge in [-0.3, -0.25) is 4.98 Å². The minimum atomic E-state index is 1.05. The van der Waals surface area contributed by atoms with Crippen molar-refractivity contribution in [3.63, 3.8) is 0 Å². The molecule has 0 N–H and O–H groups in total. The van der Waals surface area contributed by atoms with Crippen LogP contribution < -0.4 is 0 Å². The van der Waals surface area contributed by atoms with Crippen LogP contribution in [-0.4, -0.2) is 4.98 Å². The minimum absolute atomic E-state index is 1.05. The fourth-order valence-electron chi connectivity index (χ4n) is 1.69. The number of aryl methyl sites for hydroxylation is 2. The summed E-state index contributed by atoms with van der Waals surface area (Å²) in [6, 6.07) is 6.41. The smallest absolute Gasteiger partial charge is 0.0349 e. The molecule has 66 valence electrons. The third kappa shape index (κ3) is 1.31. The Morgan fingerprint density at radius 1 is 1.15 bits per heavy atom. The fourth-order valence-corrected chi connectivity index (χ4v) is 1.69. The van der Waals surface area contributed by atoms with Crippen LogP contribution in [0, 0.1) is 6.92 Å². The average Bonchev–Trinajstić information content (AvgIpc) is 2.18. The molecule has 0 aliphatic carbocycles. The molecule has 1 nitrogen and oxygen atoms in total. The molecule has 0 aliphatic heterocycles. The number of aromatic nitrogens is 1. The summed E-state index contributed by atoms with van der Waals surface area (Å²) in [5, 5.41) is 2.62. The van der Waals surface area contributed by atoms with Crippen molar-refractivity contribution in [1.82, 2.24) is 4.98 Å². The van der Waals surface area contributed by atoms with Crippen LogP contribution in [-0.2, 0) is 6.42 Å². The summed E-state index contributed by atoms with van der Waals surface area (Å²) in [7, 11) is 0. The lowest BCUT2D eigenvalue weighted by Crippen LogP contribution is -1.87. The van der Waals surface area contributed by atoms with Crippen molar-refractivity contribution < 1.29 is 0 Å². The van der Waals surface area contributed by atoms with Gasteiger partial charge >= 0.3 is 0 Å². The maximum atomic E-state index is 4.24. The molecular weight excluding hydrogens is 158 g/mol. The third-order valence-electron chi connectivity index (χ3n) is 2.48. The molecule has 0 aliphatic rings. The first-order valence-corrected chi connectivity index (χ1v) is 4.65. The molecule has 0 radical (unpaired) electrons. The molecule has 0 spiro atoms. The first-order chi connectivity index (χ1) is 6.33. The Labute approximate surface area is 78.4 Å². The maximum Gasteiger partial charge on any atom is 0.0349 e. The topological polar surface area (TPSA) is 12.9 Å². The standard InChI is InChI=1S/C12H13N/c1-3-10-7-13-8-12-9(2)5-4-6-11(10)12/h4-8H,3H2,1-2H3. The molecule has 1 aromatic carbocycles. The van der Waals surface area contributed by atoms with Gasteiger partial charge in [0, 0.05) is 17.8 Å². The Morgan fingerprint density at radius 2 is 2.00 bits per heavy atom. The molecule has 0 bridgehead atoms. The highest BCUT2D eigenvalue weighted by Gasteiger charge is 2.00. The predicted octanol–water partition coefficient (Wildman–Crippen LogP) is 3.11. The number of nitrogens with zero attached hydrogens (tertiary/aromatic N) is 1. The van der Waals surface area contributed by atoms with Gasteiger partial charge in [0.2, 0.25) is 0 Å². The van der Waals surface area contributed by atoms with Gasteiger partial charge in [-0.25, -0.2) is 0 Å². The van der Waals surface area contributed by atoms with Crippen LogP contribution in [0.15, 0.2) is 30.6 Å². The lowest BCUT2D eigenvalue weighted by atomic mass is 10.0. The summed E-state index contributed by atoms with van der Waals surface area (Å²) in [5.74, 6) is 0. The number of fused-ring (bicyclic) bond motifs is 1. The van der Waals surface area contributed by atoms with Crippen LogP contribution in [0.3, 0.4) is 0 Å². The summed E-state index contributed by atoms with van der Waals surface area (Å²) in [5.41, 5.74) is 2.64. The Morgan fingerprint density at radius 3 is 2.77 bits per heavy atom. The molecule has 1 heterocycles. The summed E-state index contributed by atoms with van der Waals surface area (Å²) in [6.45, 7) is 4.29. The van der Waals surface area contributed by atoms with E-state index in [-0.39, 0.29) is 0 Å². The maximum absolute atomic E-state index is 4.24. The second kappa shape index (κ2) is 3.17.